The van der Waals surface area contributed by atoms with E-state index in [1.807, 2.05) is 0 Å². The third-order valence-electron chi connectivity index (χ3n) is 6.75. The number of thiophene rings is 1. The van der Waals surface area contributed by atoms with Gasteiger partial charge in [0.05, 0.1) is 30.6 Å². The van der Waals surface area contributed by atoms with Crippen LogP contribution >= 0.6 is 11.3 Å². The summed E-state index contributed by atoms with van der Waals surface area (Å²) in [6.07, 6.45) is 5.81. The summed E-state index contributed by atoms with van der Waals surface area (Å²) < 4.78 is 16.2. The number of fused-ring (bicyclic) bond motifs is 1. The Morgan fingerprint density at radius 3 is 2.40 bits per heavy atom. The molecule has 4 rings (SSSR count). The first kappa shape index (κ1) is 31.4. The molecule has 0 aliphatic heterocycles. The number of nitrogens with zero attached hydrogens (tertiary/aromatic N) is 1. The summed E-state index contributed by atoms with van der Waals surface area (Å²) in [6, 6.07) is 13.2. The average Bonchev–Trinajstić information content (AvgIpc) is 3.35. The maximum atomic E-state index is 12.6. The standard InChI is InChI=1S/C32H35N3O7S/c1-4-6-17-41-23-14-10-22(11-15-23)31(38)42-24-12-8-21(9-13-24)19-33-35-29(37)28(36)34-30-27(32(39)40-5-2)25-16-7-20(3)18-26(25)43-30/h8-15,19-20H,4-7,16-18H2,1-3H3,(H,34,36)(H,35,37)/b33-19+. The lowest BCUT2D eigenvalue weighted by atomic mass is 9.88. The van der Waals surface area contributed by atoms with Gasteiger partial charge in [-0.15, -0.1) is 11.3 Å². The van der Waals surface area contributed by atoms with E-state index in [4.69, 9.17) is 14.2 Å². The molecule has 2 amide bonds. The SMILES string of the molecule is CCCCOc1ccc(C(=O)Oc2ccc(/C=N/NC(=O)C(=O)Nc3sc4c(c3C(=O)OCC)CCC(C)C4)cc2)cc1. The molecule has 0 spiro atoms. The molecule has 0 fully saturated rings. The Hall–Kier alpha value is -4.51. The average molecular weight is 606 g/mol. The van der Waals surface area contributed by atoms with E-state index in [1.54, 1.807) is 55.5 Å². The number of unbranched alkanes of at least 4 members (excludes halogenated alkanes) is 1. The second kappa shape index (κ2) is 15.1. The molecule has 1 unspecified atom stereocenters. The Morgan fingerprint density at radius 2 is 1.70 bits per heavy atom. The van der Waals surface area contributed by atoms with E-state index >= 15 is 0 Å². The van der Waals surface area contributed by atoms with Gasteiger partial charge in [-0.2, -0.15) is 5.10 Å². The summed E-state index contributed by atoms with van der Waals surface area (Å²) in [5.41, 5.74) is 4.39. The molecule has 1 aliphatic rings. The zero-order chi connectivity index (χ0) is 30.8. The fourth-order valence-corrected chi connectivity index (χ4v) is 5.84. The fraction of sp³-hybridized carbons (Fsp3) is 0.344. The summed E-state index contributed by atoms with van der Waals surface area (Å²) in [7, 11) is 0. The molecular formula is C32H35N3O7S. The van der Waals surface area contributed by atoms with Crippen molar-refractivity contribution in [1.29, 1.82) is 0 Å². The highest BCUT2D eigenvalue weighted by Gasteiger charge is 2.30. The van der Waals surface area contributed by atoms with Gasteiger partial charge in [0, 0.05) is 4.88 Å². The van der Waals surface area contributed by atoms with Gasteiger partial charge in [-0.25, -0.2) is 15.0 Å². The molecule has 3 aromatic rings. The van der Waals surface area contributed by atoms with Crippen molar-refractivity contribution in [3.63, 3.8) is 0 Å². The lowest BCUT2D eigenvalue weighted by Crippen LogP contribution is -2.32. The normalized spacial score (nSPS) is 14.1. The molecular weight excluding hydrogens is 570 g/mol. The quantitative estimate of drug-likeness (QED) is 0.0733. The summed E-state index contributed by atoms with van der Waals surface area (Å²) in [5, 5.41) is 6.72. The van der Waals surface area contributed by atoms with Gasteiger partial charge in [0.1, 0.15) is 16.5 Å². The number of hydrogen-bond donors (Lipinski definition) is 2. The van der Waals surface area contributed by atoms with Crippen molar-refractivity contribution in [3.8, 4) is 11.5 Å². The van der Waals surface area contributed by atoms with E-state index in [-0.39, 0.29) is 6.61 Å². The van der Waals surface area contributed by atoms with Crippen LogP contribution in [0.3, 0.4) is 0 Å². The summed E-state index contributed by atoms with van der Waals surface area (Å²) >= 11 is 1.30. The zero-order valence-electron chi connectivity index (χ0n) is 24.4. The zero-order valence-corrected chi connectivity index (χ0v) is 25.3. The van der Waals surface area contributed by atoms with Crippen LogP contribution in [0.4, 0.5) is 5.00 Å². The highest BCUT2D eigenvalue weighted by molar-refractivity contribution is 7.17. The summed E-state index contributed by atoms with van der Waals surface area (Å²) in [5.74, 6) is -1.46. The van der Waals surface area contributed by atoms with Gasteiger partial charge in [-0.05, 0) is 98.2 Å². The minimum absolute atomic E-state index is 0.203. The van der Waals surface area contributed by atoms with Crippen LogP contribution in [-0.2, 0) is 27.2 Å². The second-order valence-electron chi connectivity index (χ2n) is 10.1. The molecule has 1 atom stereocenters. The molecule has 1 heterocycles. The van der Waals surface area contributed by atoms with Crippen LogP contribution in [0.5, 0.6) is 11.5 Å². The van der Waals surface area contributed by atoms with E-state index in [0.717, 1.165) is 36.1 Å². The highest BCUT2D eigenvalue weighted by atomic mass is 32.1. The Kier molecular flexibility index (Phi) is 11.0. The molecule has 2 N–H and O–H groups in total. The number of hydrogen-bond acceptors (Lipinski definition) is 9. The van der Waals surface area contributed by atoms with E-state index in [9.17, 15) is 19.2 Å². The number of rotatable bonds is 11. The van der Waals surface area contributed by atoms with Crippen molar-refractivity contribution < 1.29 is 33.4 Å². The van der Waals surface area contributed by atoms with Gasteiger partial charge < -0.3 is 19.5 Å². The molecule has 11 heteroatoms. The van der Waals surface area contributed by atoms with Crippen LogP contribution in [0.1, 0.15) is 76.8 Å². The molecule has 0 saturated carbocycles. The Balaban J connectivity index is 1.30. The minimum Gasteiger partial charge on any atom is -0.494 e. The number of nitrogens with one attached hydrogen (secondary N) is 2. The Labute approximate surface area is 254 Å². The Bertz CT molecular complexity index is 1480. The third-order valence-corrected chi connectivity index (χ3v) is 7.92. The van der Waals surface area contributed by atoms with Crippen molar-refractivity contribution in [2.24, 2.45) is 11.0 Å². The van der Waals surface area contributed by atoms with Gasteiger partial charge in [0.25, 0.3) is 0 Å². The van der Waals surface area contributed by atoms with Gasteiger partial charge in [-0.1, -0.05) is 20.3 Å². The number of benzene rings is 2. The number of esters is 2. The first-order valence-corrected chi connectivity index (χ1v) is 15.1. The molecule has 226 valence electrons. The first-order chi connectivity index (χ1) is 20.8. The molecule has 2 aromatic carbocycles. The van der Waals surface area contributed by atoms with Crippen molar-refractivity contribution in [2.75, 3.05) is 18.5 Å². The third kappa shape index (κ3) is 8.51. The lowest BCUT2D eigenvalue weighted by molar-refractivity contribution is -0.136. The maximum Gasteiger partial charge on any atom is 0.343 e. The van der Waals surface area contributed by atoms with Gasteiger partial charge in [0.15, 0.2) is 0 Å². The summed E-state index contributed by atoms with van der Waals surface area (Å²) in [4.78, 5) is 51.2. The Morgan fingerprint density at radius 1 is 0.977 bits per heavy atom. The van der Waals surface area contributed by atoms with Gasteiger partial charge >= 0.3 is 23.8 Å². The van der Waals surface area contributed by atoms with Crippen LogP contribution in [-0.4, -0.2) is 43.2 Å². The lowest BCUT2D eigenvalue weighted by Gasteiger charge is -2.18. The maximum absolute atomic E-state index is 12.6. The minimum atomic E-state index is -0.988. The van der Waals surface area contributed by atoms with E-state index in [1.165, 1.54) is 17.6 Å². The predicted molar refractivity (Wildman–Crippen MR) is 164 cm³/mol. The number of carbonyl (C=O) groups excluding carboxylic acids is 4. The van der Waals surface area contributed by atoms with Crippen LogP contribution in [0, 0.1) is 5.92 Å². The van der Waals surface area contributed by atoms with Crippen LogP contribution in [0.15, 0.2) is 53.6 Å². The molecule has 1 aliphatic carbocycles. The molecule has 10 nitrogen and oxygen atoms in total. The number of amides is 2. The van der Waals surface area contributed by atoms with Gasteiger partial charge in [-0.3, -0.25) is 9.59 Å². The topological polar surface area (TPSA) is 132 Å². The van der Waals surface area contributed by atoms with Crippen molar-refractivity contribution >= 4 is 46.3 Å². The number of ether oxygens (including phenoxy) is 3. The molecule has 43 heavy (non-hydrogen) atoms. The largest absolute Gasteiger partial charge is 0.494 e. The van der Waals surface area contributed by atoms with Crippen molar-refractivity contribution in [2.45, 2.75) is 52.9 Å². The van der Waals surface area contributed by atoms with E-state index in [0.29, 0.717) is 52.1 Å². The fourth-order valence-electron chi connectivity index (χ4n) is 4.44. The predicted octanol–water partition coefficient (Wildman–Crippen LogP) is 5.54. The molecule has 0 bridgehead atoms. The van der Waals surface area contributed by atoms with Crippen LogP contribution in [0.2, 0.25) is 0 Å². The van der Waals surface area contributed by atoms with Crippen molar-refractivity contribution in [1.82, 2.24) is 5.43 Å². The molecule has 0 radical (unpaired) electrons. The van der Waals surface area contributed by atoms with E-state index < -0.39 is 23.8 Å². The summed E-state index contributed by atoms with van der Waals surface area (Å²) in [6.45, 7) is 6.77. The number of carbonyl (C=O) groups is 4. The van der Waals surface area contributed by atoms with Crippen LogP contribution in [0.25, 0.3) is 0 Å². The monoisotopic (exact) mass is 605 g/mol. The highest BCUT2D eigenvalue weighted by Crippen LogP contribution is 2.40. The number of anilines is 1. The van der Waals surface area contributed by atoms with E-state index in [2.05, 4.69) is 29.7 Å². The van der Waals surface area contributed by atoms with Crippen molar-refractivity contribution in [3.05, 3.63) is 75.7 Å². The first-order valence-electron chi connectivity index (χ1n) is 14.3. The smallest absolute Gasteiger partial charge is 0.343 e. The van der Waals surface area contributed by atoms with Gasteiger partial charge in [0.2, 0.25) is 0 Å². The molecule has 0 saturated heterocycles. The van der Waals surface area contributed by atoms with Crippen LogP contribution < -0.4 is 20.2 Å². The molecule has 1 aromatic heterocycles. The second-order valence-corrected chi connectivity index (χ2v) is 11.2. The number of hydrazone groups is 1.